The molecule has 0 aliphatic carbocycles. The number of aliphatic hydroxyl groups excluding tert-OH is 1. The summed E-state index contributed by atoms with van der Waals surface area (Å²) >= 11 is 0. The number of aromatic nitrogens is 1. The van der Waals surface area contributed by atoms with E-state index in [-0.39, 0.29) is 5.56 Å². The zero-order valence-corrected chi connectivity index (χ0v) is 11.4. The van der Waals surface area contributed by atoms with Crippen molar-refractivity contribution < 1.29 is 22.7 Å². The molecule has 6 heteroatoms. The number of halogens is 4. The minimum Gasteiger partial charge on any atom is -0.382 e. The lowest BCUT2D eigenvalue weighted by Crippen LogP contribution is -2.10. The summed E-state index contributed by atoms with van der Waals surface area (Å²) < 4.78 is 51.0. The van der Waals surface area contributed by atoms with Gasteiger partial charge in [0.2, 0.25) is 0 Å². The molecule has 0 aliphatic rings. The van der Waals surface area contributed by atoms with Crippen LogP contribution in [0.15, 0.2) is 30.5 Å². The van der Waals surface area contributed by atoms with E-state index < -0.39 is 23.7 Å². The van der Waals surface area contributed by atoms with E-state index in [1.807, 2.05) is 6.92 Å². The van der Waals surface area contributed by atoms with E-state index in [0.717, 1.165) is 11.6 Å². The molecule has 0 aliphatic heterocycles. The maximum atomic E-state index is 13.5. The SMILES string of the molecule is Cc1cnc(C(O)c2ccc(C(F)(F)F)c(F)c2)c(C)c1. The van der Waals surface area contributed by atoms with Gasteiger partial charge in [-0.1, -0.05) is 12.1 Å². The van der Waals surface area contributed by atoms with Gasteiger partial charge in [0.15, 0.2) is 0 Å². The van der Waals surface area contributed by atoms with Crippen molar-refractivity contribution >= 4 is 0 Å². The molecule has 2 nitrogen and oxygen atoms in total. The molecule has 1 aromatic heterocycles. The molecule has 21 heavy (non-hydrogen) atoms. The van der Waals surface area contributed by atoms with Crippen molar-refractivity contribution in [2.24, 2.45) is 0 Å². The van der Waals surface area contributed by atoms with Gasteiger partial charge >= 0.3 is 6.18 Å². The molecule has 1 unspecified atom stereocenters. The first-order chi connectivity index (χ1) is 9.70. The summed E-state index contributed by atoms with van der Waals surface area (Å²) in [6.07, 6.45) is -4.50. The van der Waals surface area contributed by atoms with Crippen LogP contribution < -0.4 is 0 Å². The monoisotopic (exact) mass is 299 g/mol. The quantitative estimate of drug-likeness (QED) is 0.852. The minimum atomic E-state index is -4.76. The fraction of sp³-hybridized carbons (Fsp3) is 0.267. The second-order valence-corrected chi connectivity index (χ2v) is 4.85. The highest BCUT2D eigenvalue weighted by molar-refractivity contribution is 5.35. The Morgan fingerprint density at radius 1 is 1.14 bits per heavy atom. The van der Waals surface area contributed by atoms with E-state index in [0.29, 0.717) is 23.4 Å². The number of aliphatic hydroxyl groups is 1. The average molecular weight is 299 g/mol. The molecule has 0 bridgehead atoms. The summed E-state index contributed by atoms with van der Waals surface area (Å²) in [7, 11) is 0. The van der Waals surface area contributed by atoms with Gasteiger partial charge in [-0.15, -0.1) is 0 Å². The zero-order valence-electron chi connectivity index (χ0n) is 11.4. The first-order valence-corrected chi connectivity index (χ1v) is 6.18. The van der Waals surface area contributed by atoms with E-state index in [4.69, 9.17) is 0 Å². The Kier molecular flexibility index (Phi) is 4.00. The topological polar surface area (TPSA) is 33.1 Å². The van der Waals surface area contributed by atoms with Crippen molar-refractivity contribution in [3.63, 3.8) is 0 Å². The highest BCUT2D eigenvalue weighted by atomic mass is 19.4. The molecule has 1 N–H and O–H groups in total. The van der Waals surface area contributed by atoms with Crippen LogP contribution in [0.1, 0.15) is 34.1 Å². The molecule has 0 fully saturated rings. The van der Waals surface area contributed by atoms with Gasteiger partial charge in [0.05, 0.1) is 11.3 Å². The first-order valence-electron chi connectivity index (χ1n) is 6.18. The molecule has 1 heterocycles. The lowest BCUT2D eigenvalue weighted by molar-refractivity contribution is -0.140. The van der Waals surface area contributed by atoms with Crippen molar-refractivity contribution in [2.45, 2.75) is 26.1 Å². The van der Waals surface area contributed by atoms with E-state index >= 15 is 0 Å². The molecular weight excluding hydrogens is 286 g/mol. The summed E-state index contributed by atoms with van der Waals surface area (Å²) in [5, 5.41) is 10.2. The van der Waals surface area contributed by atoms with Gasteiger partial charge in [-0.05, 0) is 42.7 Å². The normalized spacial score (nSPS) is 13.3. The van der Waals surface area contributed by atoms with Gasteiger partial charge in [0, 0.05) is 6.20 Å². The molecule has 2 rings (SSSR count). The van der Waals surface area contributed by atoms with Gasteiger partial charge in [-0.25, -0.2) is 4.39 Å². The molecular formula is C15H13F4NO. The zero-order chi connectivity index (χ0) is 15.8. The van der Waals surface area contributed by atoms with Gasteiger partial charge in [0.1, 0.15) is 11.9 Å². The van der Waals surface area contributed by atoms with Gasteiger partial charge in [-0.2, -0.15) is 13.2 Å². The second kappa shape index (κ2) is 5.44. The third-order valence-electron chi connectivity index (χ3n) is 3.13. The van der Waals surface area contributed by atoms with Gasteiger partial charge in [-0.3, -0.25) is 4.98 Å². The van der Waals surface area contributed by atoms with Crippen molar-refractivity contribution in [1.29, 1.82) is 0 Å². The highest BCUT2D eigenvalue weighted by Crippen LogP contribution is 2.33. The number of hydrogen-bond donors (Lipinski definition) is 1. The summed E-state index contributed by atoms with van der Waals surface area (Å²) in [5.41, 5.74) is 0.539. The minimum absolute atomic E-state index is 0.0277. The number of rotatable bonds is 2. The van der Waals surface area contributed by atoms with Crippen LogP contribution in [-0.2, 0) is 6.18 Å². The number of hydrogen-bond acceptors (Lipinski definition) is 2. The van der Waals surface area contributed by atoms with Crippen LogP contribution in [-0.4, -0.2) is 10.1 Å². The lowest BCUT2D eigenvalue weighted by Gasteiger charge is -2.15. The first kappa shape index (κ1) is 15.4. The van der Waals surface area contributed by atoms with Crippen molar-refractivity contribution in [3.8, 4) is 0 Å². The van der Waals surface area contributed by atoms with E-state index in [1.165, 1.54) is 6.20 Å². The lowest BCUT2D eigenvalue weighted by atomic mass is 10.00. The van der Waals surface area contributed by atoms with Crippen molar-refractivity contribution in [2.75, 3.05) is 0 Å². The Balaban J connectivity index is 2.40. The summed E-state index contributed by atoms with van der Waals surface area (Å²) in [4.78, 5) is 4.06. The number of alkyl halides is 3. The summed E-state index contributed by atoms with van der Waals surface area (Å²) in [6, 6.07) is 4.15. The summed E-state index contributed by atoms with van der Waals surface area (Å²) in [5.74, 6) is -1.41. The summed E-state index contributed by atoms with van der Waals surface area (Å²) in [6.45, 7) is 3.55. The molecule has 2 aromatic rings. The fourth-order valence-corrected chi connectivity index (χ4v) is 2.10. The van der Waals surface area contributed by atoms with E-state index in [9.17, 15) is 22.7 Å². The van der Waals surface area contributed by atoms with Crippen LogP contribution in [0.2, 0.25) is 0 Å². The standard InChI is InChI=1S/C15H13F4NO/c1-8-5-9(2)13(20-7-8)14(21)10-3-4-11(12(16)6-10)15(17,18)19/h3-7,14,21H,1-2H3. The smallest absolute Gasteiger partial charge is 0.382 e. The average Bonchev–Trinajstić information content (AvgIpc) is 2.36. The van der Waals surface area contributed by atoms with Crippen molar-refractivity contribution in [1.82, 2.24) is 4.98 Å². The van der Waals surface area contributed by atoms with E-state index in [2.05, 4.69) is 4.98 Å². The Hall–Kier alpha value is -1.95. The Morgan fingerprint density at radius 2 is 1.81 bits per heavy atom. The van der Waals surface area contributed by atoms with Gasteiger partial charge in [0.25, 0.3) is 0 Å². The number of benzene rings is 1. The van der Waals surface area contributed by atoms with Crippen LogP contribution in [0.3, 0.4) is 0 Å². The molecule has 0 amide bonds. The van der Waals surface area contributed by atoms with Crippen LogP contribution in [0.4, 0.5) is 17.6 Å². The molecule has 1 aromatic carbocycles. The molecule has 0 saturated carbocycles. The Morgan fingerprint density at radius 3 is 2.33 bits per heavy atom. The van der Waals surface area contributed by atoms with Crippen molar-refractivity contribution in [3.05, 3.63) is 64.2 Å². The predicted octanol–water partition coefficient (Wildman–Crippen LogP) is 3.94. The van der Waals surface area contributed by atoms with E-state index in [1.54, 1.807) is 13.0 Å². The molecule has 1 atom stereocenters. The maximum absolute atomic E-state index is 13.5. The number of aryl methyl sites for hydroxylation is 2. The maximum Gasteiger partial charge on any atom is 0.419 e. The number of pyridine rings is 1. The Labute approximate surface area is 119 Å². The Bertz CT molecular complexity index is 667. The highest BCUT2D eigenvalue weighted by Gasteiger charge is 2.34. The third kappa shape index (κ3) is 3.21. The largest absolute Gasteiger partial charge is 0.419 e. The number of nitrogens with zero attached hydrogens (tertiary/aromatic N) is 1. The van der Waals surface area contributed by atoms with Crippen LogP contribution in [0, 0.1) is 19.7 Å². The molecule has 112 valence electrons. The van der Waals surface area contributed by atoms with Crippen LogP contribution in [0.5, 0.6) is 0 Å². The molecule has 0 spiro atoms. The van der Waals surface area contributed by atoms with Crippen LogP contribution in [0.25, 0.3) is 0 Å². The van der Waals surface area contributed by atoms with Gasteiger partial charge < -0.3 is 5.11 Å². The van der Waals surface area contributed by atoms with Crippen LogP contribution >= 0.6 is 0 Å². The predicted molar refractivity (Wildman–Crippen MR) is 69.2 cm³/mol. The molecule has 0 saturated heterocycles. The third-order valence-corrected chi connectivity index (χ3v) is 3.13. The fourth-order valence-electron chi connectivity index (χ4n) is 2.10. The second-order valence-electron chi connectivity index (χ2n) is 4.85. The molecule has 0 radical (unpaired) electrons.